The van der Waals surface area contributed by atoms with Crippen LogP contribution in [0.25, 0.3) is 0 Å². The summed E-state index contributed by atoms with van der Waals surface area (Å²) in [5, 5.41) is 15.9. The molecule has 0 unspecified atom stereocenters. The minimum atomic E-state index is -1.07. The van der Waals surface area contributed by atoms with Crippen LogP contribution in [-0.2, 0) is 17.9 Å². The summed E-state index contributed by atoms with van der Waals surface area (Å²) in [6.45, 7) is 0.664. The minimum Gasteiger partial charge on any atom is -0.478 e. The Hall–Kier alpha value is -1.71. The van der Waals surface area contributed by atoms with Crippen molar-refractivity contribution in [2.24, 2.45) is 0 Å². The van der Waals surface area contributed by atoms with Gasteiger partial charge in [-0.2, -0.15) is 5.10 Å². The summed E-state index contributed by atoms with van der Waals surface area (Å²) >= 11 is 7.10. The number of nitrogens with one attached hydrogen (secondary N) is 1. The largest absolute Gasteiger partial charge is 0.478 e. The van der Waals surface area contributed by atoms with Gasteiger partial charge in [0.1, 0.15) is 6.54 Å². The summed E-state index contributed by atoms with van der Waals surface area (Å²) in [4.78, 5) is 25.9. The Bertz CT molecular complexity index is 894. The molecule has 1 fully saturated rings. The lowest BCUT2D eigenvalue weighted by Crippen LogP contribution is -2.33. The highest BCUT2D eigenvalue weighted by molar-refractivity contribution is 9.11. The summed E-state index contributed by atoms with van der Waals surface area (Å²) in [6, 6.07) is 4.48. The van der Waals surface area contributed by atoms with Gasteiger partial charge < -0.3 is 10.4 Å². The first kappa shape index (κ1) is 22.0. The molecule has 29 heavy (non-hydrogen) atoms. The predicted octanol–water partition coefficient (Wildman–Crippen LogP) is 4.51. The smallest absolute Gasteiger partial charge is 0.338 e. The number of halogens is 2. The van der Waals surface area contributed by atoms with Crippen LogP contribution in [0, 0.1) is 0 Å². The zero-order chi connectivity index (χ0) is 21.0. The fraction of sp³-hybridized carbons (Fsp3) is 0.450. The van der Waals surface area contributed by atoms with E-state index in [0.29, 0.717) is 6.04 Å². The number of amides is 1. The maximum atomic E-state index is 12.6. The van der Waals surface area contributed by atoms with E-state index in [9.17, 15) is 9.59 Å². The van der Waals surface area contributed by atoms with Crippen LogP contribution in [0.3, 0.4) is 0 Å². The zero-order valence-electron chi connectivity index (χ0n) is 16.2. The van der Waals surface area contributed by atoms with Gasteiger partial charge in [0.2, 0.25) is 5.91 Å². The number of anilines is 1. The summed E-state index contributed by atoms with van der Waals surface area (Å²) in [5.41, 5.74) is 1.79. The number of rotatable bonds is 7. The number of aromatic carboxylic acids is 1. The second kappa shape index (κ2) is 9.86. The van der Waals surface area contributed by atoms with E-state index in [0.717, 1.165) is 26.7 Å². The summed E-state index contributed by atoms with van der Waals surface area (Å²) in [6.07, 6.45) is 8.83. The van der Waals surface area contributed by atoms with E-state index < -0.39 is 5.97 Å². The molecule has 1 aliphatic carbocycles. The summed E-state index contributed by atoms with van der Waals surface area (Å²) in [7, 11) is 2.13. The molecule has 1 aromatic heterocycles. The molecule has 0 atom stereocenters. The lowest BCUT2D eigenvalue weighted by molar-refractivity contribution is -0.116. The van der Waals surface area contributed by atoms with Gasteiger partial charge in [-0.1, -0.05) is 35.2 Å². The first-order chi connectivity index (χ1) is 13.8. The van der Waals surface area contributed by atoms with Crippen LogP contribution in [0.2, 0.25) is 0 Å². The molecular formula is C20H24Br2N4O3. The average molecular weight is 528 g/mol. The molecule has 7 nitrogen and oxygen atoms in total. The van der Waals surface area contributed by atoms with E-state index >= 15 is 0 Å². The molecule has 156 valence electrons. The van der Waals surface area contributed by atoms with Crippen LogP contribution in [0.15, 0.2) is 33.5 Å². The standard InChI is InChI=1S/C20H24Br2N4O3/c1-25(16-5-3-2-4-6-16)10-13-7-15(21)8-17(22)19(13)24-18(27)12-26-11-14(9-23-26)20(28)29/h7-9,11,16H,2-6,10,12H2,1H3,(H,24,27)(H,28,29). The van der Waals surface area contributed by atoms with Crippen molar-refractivity contribution in [1.82, 2.24) is 14.7 Å². The van der Waals surface area contributed by atoms with E-state index in [2.05, 4.69) is 54.2 Å². The SMILES string of the molecule is CN(Cc1cc(Br)cc(Br)c1NC(=O)Cn1cc(C(=O)O)cn1)C1CCCCC1. The topological polar surface area (TPSA) is 87.5 Å². The number of nitrogens with zero attached hydrogens (tertiary/aromatic N) is 3. The maximum Gasteiger partial charge on any atom is 0.338 e. The summed E-state index contributed by atoms with van der Waals surface area (Å²) < 4.78 is 3.05. The van der Waals surface area contributed by atoms with Gasteiger partial charge in [-0.15, -0.1) is 0 Å². The molecule has 1 amide bonds. The first-order valence-electron chi connectivity index (χ1n) is 9.57. The van der Waals surface area contributed by atoms with Crippen molar-refractivity contribution in [2.45, 2.75) is 51.2 Å². The minimum absolute atomic E-state index is 0.0532. The molecule has 2 N–H and O–H groups in total. The van der Waals surface area contributed by atoms with E-state index in [1.54, 1.807) is 0 Å². The van der Waals surface area contributed by atoms with Crippen molar-refractivity contribution < 1.29 is 14.7 Å². The molecule has 1 saturated carbocycles. The molecule has 0 radical (unpaired) electrons. The Balaban J connectivity index is 1.73. The van der Waals surface area contributed by atoms with Gasteiger partial charge in [-0.25, -0.2) is 4.79 Å². The fourth-order valence-electron chi connectivity index (χ4n) is 3.70. The number of carbonyl (C=O) groups excluding carboxylic acids is 1. The number of carboxylic acids is 1. The van der Waals surface area contributed by atoms with E-state index in [1.807, 2.05) is 12.1 Å². The quantitative estimate of drug-likeness (QED) is 0.553. The van der Waals surface area contributed by atoms with Crippen LogP contribution in [0.1, 0.15) is 48.0 Å². The Morgan fingerprint density at radius 3 is 2.66 bits per heavy atom. The molecule has 2 aromatic rings. The van der Waals surface area contributed by atoms with Crippen molar-refractivity contribution in [3.63, 3.8) is 0 Å². The van der Waals surface area contributed by atoms with E-state index in [-0.39, 0.29) is 18.0 Å². The molecule has 0 spiro atoms. The highest BCUT2D eigenvalue weighted by Gasteiger charge is 2.21. The van der Waals surface area contributed by atoms with Crippen molar-refractivity contribution in [3.05, 3.63) is 44.6 Å². The normalized spacial score (nSPS) is 14.9. The van der Waals surface area contributed by atoms with Crippen LogP contribution < -0.4 is 5.32 Å². The molecule has 9 heteroatoms. The Morgan fingerprint density at radius 2 is 2.00 bits per heavy atom. The highest BCUT2D eigenvalue weighted by atomic mass is 79.9. The van der Waals surface area contributed by atoms with E-state index in [1.165, 1.54) is 49.2 Å². The van der Waals surface area contributed by atoms with Gasteiger partial charge in [-0.05, 0) is 53.5 Å². The van der Waals surface area contributed by atoms with Crippen LogP contribution in [0.5, 0.6) is 0 Å². The van der Waals surface area contributed by atoms with Crippen molar-refractivity contribution in [1.29, 1.82) is 0 Å². The third-order valence-electron chi connectivity index (χ3n) is 5.20. The first-order valence-corrected chi connectivity index (χ1v) is 11.2. The van der Waals surface area contributed by atoms with Gasteiger partial charge in [-0.3, -0.25) is 14.4 Å². The molecular weight excluding hydrogens is 504 g/mol. The molecule has 0 saturated heterocycles. The average Bonchev–Trinajstić information content (AvgIpc) is 3.14. The van der Waals surface area contributed by atoms with Gasteiger partial charge in [0.25, 0.3) is 0 Å². The second-order valence-corrected chi connectivity index (χ2v) is 9.18. The number of aromatic nitrogens is 2. The highest BCUT2D eigenvalue weighted by Crippen LogP contribution is 2.33. The lowest BCUT2D eigenvalue weighted by Gasteiger charge is -2.32. The van der Waals surface area contributed by atoms with Crippen LogP contribution >= 0.6 is 31.9 Å². The van der Waals surface area contributed by atoms with E-state index in [4.69, 9.17) is 5.11 Å². The number of hydrogen-bond acceptors (Lipinski definition) is 4. The van der Waals surface area contributed by atoms with Gasteiger partial charge >= 0.3 is 5.97 Å². The third-order valence-corrected chi connectivity index (χ3v) is 6.29. The number of benzene rings is 1. The Morgan fingerprint density at radius 1 is 1.28 bits per heavy atom. The lowest BCUT2D eigenvalue weighted by atomic mass is 9.94. The number of hydrogen-bond donors (Lipinski definition) is 2. The molecule has 1 heterocycles. The molecule has 1 aliphatic rings. The predicted molar refractivity (Wildman–Crippen MR) is 118 cm³/mol. The molecule has 3 rings (SSSR count). The summed E-state index contributed by atoms with van der Waals surface area (Å²) in [5.74, 6) is -1.34. The van der Waals surface area contributed by atoms with Gasteiger partial charge in [0, 0.05) is 27.7 Å². The maximum absolute atomic E-state index is 12.6. The van der Waals surface area contributed by atoms with Crippen molar-refractivity contribution in [3.8, 4) is 0 Å². The van der Waals surface area contributed by atoms with Crippen LogP contribution in [-0.4, -0.2) is 44.8 Å². The third kappa shape index (κ3) is 5.90. The Kier molecular flexibility index (Phi) is 7.48. The van der Waals surface area contributed by atoms with Crippen molar-refractivity contribution >= 4 is 49.4 Å². The fourth-order valence-corrected chi connectivity index (χ4v) is 5.11. The second-order valence-electron chi connectivity index (χ2n) is 7.41. The molecule has 1 aromatic carbocycles. The Labute approximate surface area is 186 Å². The molecule has 0 aliphatic heterocycles. The van der Waals surface area contributed by atoms with Crippen LogP contribution in [0.4, 0.5) is 5.69 Å². The zero-order valence-corrected chi connectivity index (χ0v) is 19.4. The van der Waals surface area contributed by atoms with Gasteiger partial charge in [0.15, 0.2) is 0 Å². The number of carboxylic acid groups (broad SMARTS) is 1. The molecule has 0 bridgehead atoms. The van der Waals surface area contributed by atoms with Crippen molar-refractivity contribution in [2.75, 3.05) is 12.4 Å². The van der Waals surface area contributed by atoms with Gasteiger partial charge in [0.05, 0.1) is 17.4 Å². The monoisotopic (exact) mass is 526 g/mol. The number of carbonyl (C=O) groups is 2.